The third kappa shape index (κ3) is 7.56. The Morgan fingerprint density at radius 3 is 1.75 bits per heavy atom. The van der Waals surface area contributed by atoms with E-state index in [1.807, 2.05) is 6.92 Å². The molecular weight excluding hydrogens is 386 g/mol. The van der Waals surface area contributed by atoms with Gasteiger partial charge in [-0.3, -0.25) is 4.79 Å². The van der Waals surface area contributed by atoms with Crippen molar-refractivity contribution in [2.45, 2.75) is 91.0 Å². The molecule has 0 aromatic heterocycles. The highest BCUT2D eigenvalue weighted by Crippen LogP contribution is 2.42. The minimum atomic E-state index is -2.17. The third-order valence-electron chi connectivity index (χ3n) is 6.33. The van der Waals surface area contributed by atoms with Crippen molar-refractivity contribution in [2.24, 2.45) is 5.92 Å². The first kappa shape index (κ1) is 27.8. The molecule has 7 heteroatoms. The van der Waals surface area contributed by atoms with Crippen molar-refractivity contribution < 1.29 is 18.1 Å². The maximum atomic E-state index is 13.0. The molecule has 1 unspecified atom stereocenters. The maximum Gasteiger partial charge on any atom is 0.334 e. The lowest BCUT2D eigenvalue weighted by Gasteiger charge is -2.42. The lowest BCUT2D eigenvalue weighted by Crippen LogP contribution is -2.50. The molecule has 0 radical (unpaired) electrons. The molecule has 28 heavy (non-hydrogen) atoms. The van der Waals surface area contributed by atoms with E-state index in [1.54, 1.807) is 14.2 Å². The normalized spacial score (nSPS) is 14.4. The highest BCUT2D eigenvalue weighted by Gasteiger charge is 2.48. The molecule has 0 rings (SSSR count). The molecule has 0 heterocycles. The van der Waals surface area contributed by atoms with E-state index in [0.29, 0.717) is 16.6 Å². The Bertz CT molecular complexity index is 432. The van der Waals surface area contributed by atoms with Crippen LogP contribution in [0, 0.1) is 5.92 Å². The van der Waals surface area contributed by atoms with Gasteiger partial charge >= 0.3 is 8.56 Å². The van der Waals surface area contributed by atoms with E-state index in [2.05, 4.69) is 59.9 Å². The number of nitrogens with zero attached hydrogens (tertiary/aromatic N) is 1. The molecule has 0 aliphatic heterocycles. The quantitative estimate of drug-likeness (QED) is 0.342. The summed E-state index contributed by atoms with van der Waals surface area (Å²) < 4.78 is 17.5. The van der Waals surface area contributed by atoms with Crippen molar-refractivity contribution in [3.8, 4) is 0 Å². The minimum absolute atomic E-state index is 0.0192. The van der Waals surface area contributed by atoms with Gasteiger partial charge in [0.05, 0.1) is 5.92 Å². The zero-order valence-electron chi connectivity index (χ0n) is 20.4. The summed E-state index contributed by atoms with van der Waals surface area (Å²) in [5.41, 5.74) is 1.24. The number of hydrogen-bond acceptors (Lipinski definition) is 5. The van der Waals surface area contributed by atoms with Crippen LogP contribution < -0.4 is 0 Å². The summed E-state index contributed by atoms with van der Waals surface area (Å²) in [4.78, 5) is 15.3. The Hall–Kier alpha value is -0.216. The fraction of sp³-hybridized carbons (Fsp3) is 0.952. The first-order valence-electron chi connectivity index (χ1n) is 11.0. The zero-order chi connectivity index (χ0) is 22.1. The molecule has 0 saturated heterocycles. The van der Waals surface area contributed by atoms with Crippen LogP contribution in [0.25, 0.3) is 0 Å². The summed E-state index contributed by atoms with van der Waals surface area (Å²) in [5.74, 6) is -0.134. The molecule has 0 amide bonds. The summed E-state index contributed by atoms with van der Waals surface area (Å²) in [6, 6.07) is 0.958. The maximum absolute atomic E-state index is 13.0. The fourth-order valence-electron chi connectivity index (χ4n) is 4.38. The van der Waals surface area contributed by atoms with Crippen LogP contribution in [0.1, 0.15) is 61.8 Å². The third-order valence-corrected chi connectivity index (χ3v) is 15.3. The SMILES string of the molecule is CCN(CCC[Si](C)(OC)OC)CC(C)C(=O)O[Si](C(C)C)(C(C)C)C(C)C. The number of carbonyl (C=O) groups is 1. The average molecular weight is 434 g/mol. The Kier molecular flexibility index (Phi) is 12.4. The summed E-state index contributed by atoms with van der Waals surface area (Å²) >= 11 is 0. The Morgan fingerprint density at radius 1 is 0.929 bits per heavy atom. The Balaban J connectivity index is 4.92. The van der Waals surface area contributed by atoms with Crippen molar-refractivity contribution in [1.82, 2.24) is 4.90 Å². The molecule has 0 fully saturated rings. The number of carbonyl (C=O) groups excluding carboxylic acids is 1. The molecule has 0 N–H and O–H groups in total. The van der Waals surface area contributed by atoms with Gasteiger partial charge in [0.15, 0.2) is 0 Å². The molecule has 168 valence electrons. The average Bonchev–Trinajstić information content (AvgIpc) is 2.63. The molecule has 0 aliphatic carbocycles. The van der Waals surface area contributed by atoms with Gasteiger partial charge in [-0.1, -0.05) is 55.4 Å². The Morgan fingerprint density at radius 2 is 1.39 bits per heavy atom. The van der Waals surface area contributed by atoms with Crippen LogP contribution >= 0.6 is 0 Å². The predicted molar refractivity (Wildman–Crippen MR) is 123 cm³/mol. The predicted octanol–water partition coefficient (Wildman–Crippen LogP) is 5.42. The highest BCUT2D eigenvalue weighted by atomic mass is 28.4. The summed E-state index contributed by atoms with van der Waals surface area (Å²) in [7, 11) is -0.720. The van der Waals surface area contributed by atoms with Crippen LogP contribution in [0.4, 0.5) is 0 Å². The fourth-order valence-corrected chi connectivity index (χ4v) is 11.0. The van der Waals surface area contributed by atoms with Crippen LogP contribution in [0.5, 0.6) is 0 Å². The topological polar surface area (TPSA) is 48.0 Å². The largest absolute Gasteiger partial charge is 0.518 e. The molecule has 0 bridgehead atoms. The van der Waals surface area contributed by atoms with Gasteiger partial charge in [-0.05, 0) is 48.7 Å². The van der Waals surface area contributed by atoms with Crippen LogP contribution in [-0.2, 0) is 18.1 Å². The van der Waals surface area contributed by atoms with Gasteiger partial charge < -0.3 is 18.2 Å². The van der Waals surface area contributed by atoms with Crippen molar-refractivity contribution in [1.29, 1.82) is 0 Å². The van der Waals surface area contributed by atoms with Crippen molar-refractivity contribution in [3.05, 3.63) is 0 Å². The molecule has 0 aromatic carbocycles. The van der Waals surface area contributed by atoms with Gasteiger partial charge in [0, 0.05) is 20.8 Å². The van der Waals surface area contributed by atoms with Crippen molar-refractivity contribution >= 4 is 22.8 Å². The minimum Gasteiger partial charge on any atom is -0.518 e. The van der Waals surface area contributed by atoms with E-state index in [1.165, 1.54) is 0 Å². The number of hydrogen-bond donors (Lipinski definition) is 0. The monoisotopic (exact) mass is 433 g/mol. The van der Waals surface area contributed by atoms with E-state index in [-0.39, 0.29) is 11.9 Å². The second-order valence-corrected chi connectivity index (χ2v) is 18.1. The first-order chi connectivity index (χ1) is 12.9. The molecule has 5 nitrogen and oxygen atoms in total. The van der Waals surface area contributed by atoms with Gasteiger partial charge in [0.1, 0.15) is 0 Å². The van der Waals surface area contributed by atoms with E-state index in [0.717, 1.165) is 32.1 Å². The van der Waals surface area contributed by atoms with Crippen LogP contribution in [-0.4, -0.2) is 61.6 Å². The molecule has 1 atom stereocenters. The van der Waals surface area contributed by atoms with Crippen LogP contribution in [0.2, 0.25) is 29.2 Å². The lowest BCUT2D eigenvalue weighted by atomic mass is 10.1. The van der Waals surface area contributed by atoms with Crippen molar-refractivity contribution in [2.75, 3.05) is 33.9 Å². The van der Waals surface area contributed by atoms with Gasteiger partial charge in [0.2, 0.25) is 0 Å². The van der Waals surface area contributed by atoms with E-state index < -0.39 is 16.9 Å². The molecular formula is C21H47NO4Si2. The smallest absolute Gasteiger partial charge is 0.334 e. The molecule has 0 aliphatic rings. The van der Waals surface area contributed by atoms with E-state index >= 15 is 0 Å². The second kappa shape index (κ2) is 12.5. The summed E-state index contributed by atoms with van der Waals surface area (Å²) in [6.45, 7) is 22.2. The van der Waals surface area contributed by atoms with Gasteiger partial charge in [-0.15, -0.1) is 0 Å². The van der Waals surface area contributed by atoms with Crippen LogP contribution in [0.15, 0.2) is 0 Å². The first-order valence-corrected chi connectivity index (χ1v) is 15.6. The van der Waals surface area contributed by atoms with Gasteiger partial charge in [-0.25, -0.2) is 0 Å². The lowest BCUT2D eigenvalue weighted by molar-refractivity contribution is -0.140. The van der Waals surface area contributed by atoms with E-state index in [9.17, 15) is 4.79 Å². The highest BCUT2D eigenvalue weighted by molar-refractivity contribution is 6.78. The molecule has 0 aromatic rings. The van der Waals surface area contributed by atoms with Gasteiger partial charge in [-0.2, -0.15) is 0 Å². The van der Waals surface area contributed by atoms with Crippen LogP contribution in [0.3, 0.4) is 0 Å². The second-order valence-electron chi connectivity index (χ2n) is 9.18. The van der Waals surface area contributed by atoms with Crippen molar-refractivity contribution in [3.63, 3.8) is 0 Å². The zero-order valence-corrected chi connectivity index (χ0v) is 22.4. The van der Waals surface area contributed by atoms with E-state index in [4.69, 9.17) is 13.3 Å². The number of rotatable bonds is 14. The summed E-state index contributed by atoms with van der Waals surface area (Å²) in [5, 5.41) is 0. The van der Waals surface area contributed by atoms with Gasteiger partial charge in [0.25, 0.3) is 14.3 Å². The molecule has 0 saturated carbocycles. The standard InChI is InChI=1S/C21H47NO4Si2/c1-12-22(14-13-15-27(11,24-9)25-10)16-20(8)21(23)26-28(17(2)3,18(4)5)19(6)7/h17-20H,12-16H2,1-11H3. The molecule has 0 spiro atoms. The summed E-state index contributed by atoms with van der Waals surface area (Å²) in [6.07, 6.45) is 1.02. The Labute approximate surface area is 176 Å².